The number of benzene rings is 1. The van der Waals surface area contributed by atoms with Crippen molar-refractivity contribution in [1.29, 1.82) is 0 Å². The molecule has 1 aliphatic rings. The largest absolute Gasteiger partial charge is 0.481 e. The highest BCUT2D eigenvalue weighted by molar-refractivity contribution is 6.05. The lowest BCUT2D eigenvalue weighted by molar-refractivity contribution is -0.124. The summed E-state index contributed by atoms with van der Waals surface area (Å²) in [6.45, 7) is 0.953. The third-order valence-corrected chi connectivity index (χ3v) is 5.08. The first-order valence-electron chi connectivity index (χ1n) is 9.44. The number of nitrogens with zero attached hydrogens (tertiary/aromatic N) is 1. The second kappa shape index (κ2) is 8.64. The zero-order valence-corrected chi connectivity index (χ0v) is 16.9. The number of pyridine rings is 1. The maximum Gasteiger partial charge on any atom is 0.388 e. The molecule has 30 heavy (non-hydrogen) atoms. The number of hydrogen-bond donors (Lipinski definition) is 2. The normalized spacial score (nSPS) is 18.4. The number of ether oxygens (including phenoxy) is 2. The second-order valence-electron chi connectivity index (χ2n) is 7.32. The van der Waals surface area contributed by atoms with Gasteiger partial charge in [0.25, 0.3) is 0 Å². The van der Waals surface area contributed by atoms with E-state index in [2.05, 4.69) is 20.4 Å². The average molecular weight is 419 g/mol. The fourth-order valence-electron chi connectivity index (χ4n) is 3.61. The molecular weight excluding hydrogens is 396 g/mol. The molecule has 1 atom stereocenters. The molecule has 0 radical (unpaired) electrons. The number of methoxy groups -OCH3 is 1. The van der Waals surface area contributed by atoms with Crippen molar-refractivity contribution in [1.82, 2.24) is 10.3 Å². The van der Waals surface area contributed by atoms with Gasteiger partial charge in [0.05, 0.1) is 7.11 Å². The fraction of sp³-hybridized carbons (Fsp3) is 0.381. The van der Waals surface area contributed by atoms with Crippen LogP contribution >= 0.6 is 0 Å². The summed E-state index contributed by atoms with van der Waals surface area (Å²) in [6.07, 6.45) is -0.0583. The van der Waals surface area contributed by atoms with Crippen LogP contribution in [0.25, 0.3) is 0 Å². The van der Waals surface area contributed by atoms with Crippen molar-refractivity contribution in [3.63, 3.8) is 0 Å². The zero-order valence-electron chi connectivity index (χ0n) is 16.9. The molecule has 0 saturated carbocycles. The molecule has 1 aromatic heterocycles. The van der Waals surface area contributed by atoms with Crippen molar-refractivity contribution in [3.05, 3.63) is 47.5 Å². The van der Waals surface area contributed by atoms with Crippen LogP contribution in [-0.2, 0) is 15.0 Å². The van der Waals surface area contributed by atoms with Gasteiger partial charge in [0.2, 0.25) is 23.6 Å². The van der Waals surface area contributed by atoms with Gasteiger partial charge in [0, 0.05) is 19.0 Å². The number of halogens is 2. The lowest BCUT2D eigenvalue weighted by Crippen LogP contribution is -2.43. The predicted molar refractivity (Wildman–Crippen MR) is 106 cm³/mol. The standard InChI is InChI=1S/C21H23F2N3O4/c1-12(2)13-6-4-5-7-14(13)21(10-16(27)24-11-21)19(28)25-15-8-9-17(29-3)26-18(15)30-20(22)23/h4-9,12,20H,10-11H2,1-3H3,(H,24,27)(H,25,28). The van der Waals surface area contributed by atoms with Crippen LogP contribution in [0.4, 0.5) is 14.5 Å². The van der Waals surface area contributed by atoms with E-state index in [9.17, 15) is 18.4 Å². The van der Waals surface area contributed by atoms with Gasteiger partial charge in [-0.2, -0.15) is 13.8 Å². The summed E-state index contributed by atoms with van der Waals surface area (Å²) in [6, 6.07) is 10.2. The summed E-state index contributed by atoms with van der Waals surface area (Å²) in [5.41, 5.74) is 0.413. The number of alkyl halides is 2. The van der Waals surface area contributed by atoms with E-state index in [-0.39, 0.29) is 36.4 Å². The molecule has 7 nitrogen and oxygen atoms in total. The van der Waals surface area contributed by atoms with Gasteiger partial charge in [-0.25, -0.2) is 0 Å². The first kappa shape index (κ1) is 21.5. The summed E-state index contributed by atoms with van der Waals surface area (Å²) in [4.78, 5) is 29.4. The van der Waals surface area contributed by atoms with E-state index in [4.69, 9.17) is 4.74 Å². The molecule has 1 unspecified atom stereocenters. The van der Waals surface area contributed by atoms with E-state index in [1.807, 2.05) is 32.0 Å². The smallest absolute Gasteiger partial charge is 0.388 e. The van der Waals surface area contributed by atoms with Gasteiger partial charge in [0.15, 0.2) is 0 Å². The third-order valence-electron chi connectivity index (χ3n) is 5.08. The number of anilines is 1. The summed E-state index contributed by atoms with van der Waals surface area (Å²) in [5.74, 6) is -1.08. The Morgan fingerprint density at radius 2 is 1.97 bits per heavy atom. The van der Waals surface area contributed by atoms with Crippen molar-refractivity contribution in [2.24, 2.45) is 0 Å². The first-order chi connectivity index (χ1) is 14.3. The molecule has 2 heterocycles. The van der Waals surface area contributed by atoms with E-state index in [1.54, 1.807) is 6.07 Å². The summed E-state index contributed by atoms with van der Waals surface area (Å²) in [7, 11) is 1.33. The molecule has 2 N–H and O–H groups in total. The van der Waals surface area contributed by atoms with Crippen LogP contribution in [0, 0.1) is 0 Å². The summed E-state index contributed by atoms with van der Waals surface area (Å²) < 4.78 is 35.1. The highest BCUT2D eigenvalue weighted by Crippen LogP contribution is 2.38. The quantitative estimate of drug-likeness (QED) is 0.719. The third kappa shape index (κ3) is 4.19. The van der Waals surface area contributed by atoms with Crippen molar-refractivity contribution in [3.8, 4) is 11.8 Å². The molecule has 0 spiro atoms. The Morgan fingerprint density at radius 3 is 2.57 bits per heavy atom. The van der Waals surface area contributed by atoms with E-state index < -0.39 is 23.8 Å². The number of aromatic nitrogens is 1. The van der Waals surface area contributed by atoms with Crippen LogP contribution in [0.5, 0.6) is 11.8 Å². The molecule has 0 aliphatic carbocycles. The Balaban J connectivity index is 2.02. The Morgan fingerprint density at radius 1 is 1.23 bits per heavy atom. The Kier molecular flexibility index (Phi) is 6.19. The van der Waals surface area contributed by atoms with Crippen molar-refractivity contribution < 1.29 is 27.8 Å². The molecule has 1 aliphatic heterocycles. The van der Waals surface area contributed by atoms with Crippen LogP contribution in [0.1, 0.15) is 37.3 Å². The SMILES string of the molecule is COc1ccc(NC(=O)C2(c3ccccc3C(C)C)CNC(=O)C2)c(OC(F)F)n1. The van der Waals surface area contributed by atoms with Gasteiger partial charge in [-0.05, 0) is 23.1 Å². The maximum absolute atomic E-state index is 13.4. The summed E-state index contributed by atoms with van der Waals surface area (Å²) in [5, 5.41) is 5.35. The van der Waals surface area contributed by atoms with E-state index in [0.29, 0.717) is 5.56 Å². The number of hydrogen-bond acceptors (Lipinski definition) is 5. The minimum atomic E-state index is -3.13. The van der Waals surface area contributed by atoms with Gasteiger partial charge in [-0.1, -0.05) is 38.1 Å². The van der Waals surface area contributed by atoms with Crippen LogP contribution in [0.2, 0.25) is 0 Å². The zero-order chi connectivity index (χ0) is 21.9. The van der Waals surface area contributed by atoms with Crippen LogP contribution in [-0.4, -0.2) is 37.1 Å². The van der Waals surface area contributed by atoms with Crippen molar-refractivity contribution >= 4 is 17.5 Å². The Hall–Kier alpha value is -3.23. The topological polar surface area (TPSA) is 89.6 Å². The van der Waals surface area contributed by atoms with Gasteiger partial charge in [0.1, 0.15) is 11.1 Å². The Labute approximate surface area is 172 Å². The first-order valence-corrected chi connectivity index (χ1v) is 9.44. The monoisotopic (exact) mass is 419 g/mol. The maximum atomic E-state index is 13.4. The van der Waals surface area contributed by atoms with E-state index in [0.717, 1.165) is 5.56 Å². The molecular formula is C21H23F2N3O4. The van der Waals surface area contributed by atoms with Gasteiger partial charge < -0.3 is 20.1 Å². The molecule has 1 aromatic carbocycles. The minimum Gasteiger partial charge on any atom is -0.481 e. The number of amides is 2. The molecule has 1 fully saturated rings. The van der Waals surface area contributed by atoms with Crippen molar-refractivity contribution in [2.75, 3.05) is 19.0 Å². The fourth-order valence-corrected chi connectivity index (χ4v) is 3.61. The Bertz CT molecular complexity index is 952. The summed E-state index contributed by atoms with van der Waals surface area (Å²) >= 11 is 0. The highest BCUT2D eigenvalue weighted by atomic mass is 19.3. The molecule has 3 rings (SSSR count). The molecule has 1 saturated heterocycles. The van der Waals surface area contributed by atoms with Gasteiger partial charge in [-0.15, -0.1) is 0 Å². The molecule has 2 aromatic rings. The van der Waals surface area contributed by atoms with Gasteiger partial charge in [-0.3, -0.25) is 9.59 Å². The number of rotatable bonds is 7. The van der Waals surface area contributed by atoms with E-state index in [1.165, 1.54) is 19.2 Å². The number of nitrogens with one attached hydrogen (secondary N) is 2. The number of carbonyl (C=O) groups excluding carboxylic acids is 2. The molecule has 9 heteroatoms. The lowest BCUT2D eigenvalue weighted by atomic mass is 9.74. The van der Waals surface area contributed by atoms with Gasteiger partial charge >= 0.3 is 6.61 Å². The minimum absolute atomic E-state index is 0.0400. The average Bonchev–Trinajstić information content (AvgIpc) is 3.11. The van der Waals surface area contributed by atoms with E-state index >= 15 is 0 Å². The second-order valence-corrected chi connectivity index (χ2v) is 7.32. The predicted octanol–water partition coefficient (Wildman–Crippen LogP) is 3.21. The van der Waals surface area contributed by atoms with Crippen LogP contribution in [0.15, 0.2) is 36.4 Å². The van der Waals surface area contributed by atoms with Crippen LogP contribution in [0.3, 0.4) is 0 Å². The lowest BCUT2D eigenvalue weighted by Gasteiger charge is -2.30. The molecule has 0 bridgehead atoms. The molecule has 160 valence electrons. The van der Waals surface area contributed by atoms with Crippen molar-refractivity contribution in [2.45, 2.75) is 38.2 Å². The highest BCUT2D eigenvalue weighted by Gasteiger charge is 2.48. The molecule has 2 amide bonds. The number of carbonyl (C=O) groups is 2. The van der Waals surface area contributed by atoms with Crippen LogP contribution < -0.4 is 20.1 Å².